The maximum atomic E-state index is 14.3. The van der Waals surface area contributed by atoms with E-state index in [1.807, 2.05) is 11.8 Å². The highest BCUT2D eigenvalue weighted by Crippen LogP contribution is 2.55. The van der Waals surface area contributed by atoms with Gasteiger partial charge in [-0.1, -0.05) is 13.0 Å². The number of methoxy groups -OCH3 is 1. The van der Waals surface area contributed by atoms with Gasteiger partial charge in [-0.05, 0) is 73.7 Å². The number of likely N-dealkylation sites (N-methyl/N-ethyl adjacent to an activating group) is 1. The number of carbonyl (C=O) groups is 2. The van der Waals surface area contributed by atoms with Crippen LogP contribution >= 0.6 is 0 Å². The number of nitrogens with two attached hydrogens (primary N) is 1. The number of ether oxygens (including phenoxy) is 2. The van der Waals surface area contributed by atoms with Crippen LogP contribution in [0.4, 0.5) is 10.1 Å². The van der Waals surface area contributed by atoms with Gasteiger partial charge >= 0.3 is 5.97 Å². The number of halogens is 1. The van der Waals surface area contributed by atoms with Crippen molar-refractivity contribution in [3.63, 3.8) is 0 Å². The number of carbonyl (C=O) groups excluding carboxylic acids is 2. The molecule has 0 aromatic heterocycles. The number of likely N-dealkylation sites (tertiary alicyclic amines) is 1. The second kappa shape index (κ2) is 9.70. The van der Waals surface area contributed by atoms with Crippen LogP contribution < -0.4 is 15.2 Å². The largest absolute Gasteiger partial charge is 0.492 e. The van der Waals surface area contributed by atoms with Crippen molar-refractivity contribution in [1.29, 1.82) is 0 Å². The van der Waals surface area contributed by atoms with E-state index in [2.05, 4.69) is 4.72 Å². The molecule has 11 heteroatoms. The quantitative estimate of drug-likeness (QED) is 0.498. The van der Waals surface area contributed by atoms with E-state index in [4.69, 9.17) is 15.2 Å². The zero-order valence-corrected chi connectivity index (χ0v) is 21.5. The Morgan fingerprint density at radius 2 is 2.08 bits per heavy atom. The SMILES string of the molecule is CCN1CCC[C@H]1C(=O)C(N)c1cc(F)ccc1S(=O)(=O)Nc1ccc2c(c1C(=O)OC)OCC1CC21. The van der Waals surface area contributed by atoms with Gasteiger partial charge in [-0.25, -0.2) is 17.6 Å². The third kappa shape index (κ3) is 4.60. The fourth-order valence-corrected chi connectivity index (χ4v) is 6.85. The summed E-state index contributed by atoms with van der Waals surface area (Å²) in [5, 5.41) is 0. The van der Waals surface area contributed by atoms with E-state index in [0.717, 1.165) is 43.1 Å². The van der Waals surface area contributed by atoms with Crippen LogP contribution in [0.2, 0.25) is 0 Å². The number of nitrogens with one attached hydrogen (secondary N) is 1. The van der Waals surface area contributed by atoms with Crippen molar-refractivity contribution in [2.75, 3.05) is 31.5 Å². The molecule has 0 amide bonds. The molecule has 1 saturated heterocycles. The van der Waals surface area contributed by atoms with Crippen molar-refractivity contribution in [3.05, 3.63) is 52.8 Å². The number of esters is 1. The first-order chi connectivity index (χ1) is 17.7. The van der Waals surface area contributed by atoms with Crippen LogP contribution in [-0.4, -0.2) is 57.9 Å². The number of sulfonamides is 1. The Bertz CT molecular complexity index is 1360. The van der Waals surface area contributed by atoms with E-state index in [-0.39, 0.29) is 33.4 Å². The number of hydrogen-bond donors (Lipinski definition) is 2. The summed E-state index contributed by atoms with van der Waals surface area (Å²) in [5.74, 6) is -0.863. The molecule has 9 nitrogen and oxygen atoms in total. The Kier molecular flexibility index (Phi) is 6.71. The van der Waals surface area contributed by atoms with Gasteiger partial charge in [0.1, 0.15) is 17.1 Å². The summed E-state index contributed by atoms with van der Waals surface area (Å²) in [7, 11) is -3.20. The second-order valence-corrected chi connectivity index (χ2v) is 11.4. The van der Waals surface area contributed by atoms with E-state index in [0.29, 0.717) is 31.2 Å². The second-order valence-electron chi connectivity index (χ2n) is 9.77. The van der Waals surface area contributed by atoms with Crippen LogP contribution in [0.3, 0.4) is 0 Å². The highest BCUT2D eigenvalue weighted by atomic mass is 32.2. The minimum Gasteiger partial charge on any atom is -0.492 e. The first-order valence-electron chi connectivity index (χ1n) is 12.4. The molecule has 2 aromatic carbocycles. The maximum absolute atomic E-state index is 14.3. The molecule has 4 atom stereocenters. The van der Waals surface area contributed by atoms with Gasteiger partial charge in [0.05, 0.1) is 36.4 Å². The summed E-state index contributed by atoms with van der Waals surface area (Å²) in [4.78, 5) is 27.6. The number of ketones is 1. The number of rotatable bonds is 8. The lowest BCUT2D eigenvalue weighted by Crippen LogP contribution is -2.41. The van der Waals surface area contributed by atoms with E-state index >= 15 is 0 Å². The molecule has 2 fully saturated rings. The molecule has 3 unspecified atom stereocenters. The Morgan fingerprint density at radius 3 is 2.81 bits per heavy atom. The molecule has 198 valence electrons. The van der Waals surface area contributed by atoms with Gasteiger partial charge in [0.2, 0.25) is 0 Å². The van der Waals surface area contributed by atoms with Gasteiger partial charge in [-0.2, -0.15) is 0 Å². The molecule has 0 bridgehead atoms. The molecule has 1 aliphatic carbocycles. The zero-order valence-electron chi connectivity index (χ0n) is 20.7. The topological polar surface area (TPSA) is 128 Å². The van der Waals surface area contributed by atoms with Crippen LogP contribution in [-0.2, 0) is 19.6 Å². The molecule has 0 spiro atoms. The normalized spacial score (nSPS) is 23.4. The van der Waals surface area contributed by atoms with Crippen molar-refractivity contribution in [2.45, 2.75) is 49.1 Å². The lowest BCUT2D eigenvalue weighted by Gasteiger charge is -2.25. The minimum absolute atomic E-state index is 0.0255. The number of nitrogens with zero attached hydrogens (tertiary/aromatic N) is 1. The van der Waals surface area contributed by atoms with Gasteiger partial charge in [0.15, 0.2) is 5.78 Å². The molecule has 3 aliphatic rings. The molecule has 2 aromatic rings. The standard InChI is InChI=1S/C26H30FN3O6S/c1-3-30-10-4-5-20(30)24(31)23(28)18-12-15(27)6-9-21(18)37(33,34)29-19-8-7-16-17-11-14(17)13-36-25(16)22(19)26(32)35-2/h6-9,12,14,17,20,23,29H,3-5,10-11,13,28H2,1-2H3/t14?,17?,20-,23?/m0/s1. The first kappa shape index (κ1) is 25.6. The third-order valence-electron chi connectivity index (χ3n) is 7.59. The summed E-state index contributed by atoms with van der Waals surface area (Å²) in [6.07, 6.45) is 2.38. The molecular formula is C26H30FN3O6S. The number of fused-ring (bicyclic) bond motifs is 3. The van der Waals surface area contributed by atoms with Crippen LogP contribution in [0.15, 0.2) is 35.2 Å². The lowest BCUT2D eigenvalue weighted by molar-refractivity contribution is -0.124. The molecule has 3 N–H and O–H groups in total. The van der Waals surface area contributed by atoms with Crippen molar-refractivity contribution < 1.29 is 31.9 Å². The average Bonchev–Trinajstić information content (AvgIpc) is 3.53. The molecule has 2 heterocycles. The summed E-state index contributed by atoms with van der Waals surface area (Å²) in [6, 6.07) is 4.48. The summed E-state index contributed by atoms with van der Waals surface area (Å²) in [5.41, 5.74) is 6.91. The number of benzene rings is 2. The molecular weight excluding hydrogens is 501 g/mol. The predicted octanol–water partition coefficient (Wildman–Crippen LogP) is 2.96. The number of hydrogen-bond acceptors (Lipinski definition) is 8. The van der Waals surface area contributed by atoms with Crippen molar-refractivity contribution in [1.82, 2.24) is 4.90 Å². The maximum Gasteiger partial charge on any atom is 0.343 e. The average molecular weight is 532 g/mol. The molecule has 1 saturated carbocycles. The summed E-state index contributed by atoms with van der Waals surface area (Å²) < 4.78 is 54.7. The van der Waals surface area contributed by atoms with Gasteiger partial charge in [0, 0.05) is 5.92 Å². The number of Topliss-reactive ketones (excluding diaryl/α,β-unsaturated/α-hetero) is 1. The summed E-state index contributed by atoms with van der Waals surface area (Å²) >= 11 is 0. The van der Waals surface area contributed by atoms with Crippen LogP contribution in [0.1, 0.15) is 59.6 Å². The molecule has 0 radical (unpaired) electrons. The molecule has 37 heavy (non-hydrogen) atoms. The minimum atomic E-state index is -4.40. The Morgan fingerprint density at radius 1 is 1.30 bits per heavy atom. The predicted molar refractivity (Wildman–Crippen MR) is 134 cm³/mol. The van der Waals surface area contributed by atoms with Crippen molar-refractivity contribution in [3.8, 4) is 5.75 Å². The van der Waals surface area contributed by atoms with Gasteiger partial charge in [-0.3, -0.25) is 14.4 Å². The first-order valence-corrected chi connectivity index (χ1v) is 13.9. The van der Waals surface area contributed by atoms with E-state index in [9.17, 15) is 22.4 Å². The van der Waals surface area contributed by atoms with Crippen LogP contribution in [0.5, 0.6) is 5.75 Å². The Hall–Kier alpha value is -3.02. The van der Waals surface area contributed by atoms with E-state index in [1.165, 1.54) is 13.2 Å². The number of anilines is 1. The Labute approximate surface area is 215 Å². The smallest absolute Gasteiger partial charge is 0.343 e. The van der Waals surface area contributed by atoms with Gasteiger partial charge in [-0.15, -0.1) is 0 Å². The highest BCUT2D eigenvalue weighted by molar-refractivity contribution is 7.92. The highest BCUT2D eigenvalue weighted by Gasteiger charge is 2.45. The Balaban J connectivity index is 1.51. The molecule has 5 rings (SSSR count). The lowest BCUT2D eigenvalue weighted by atomic mass is 9.97. The van der Waals surface area contributed by atoms with E-state index in [1.54, 1.807) is 6.07 Å². The fraction of sp³-hybridized carbons (Fsp3) is 0.462. The van der Waals surface area contributed by atoms with Crippen LogP contribution in [0.25, 0.3) is 0 Å². The van der Waals surface area contributed by atoms with Gasteiger partial charge < -0.3 is 15.2 Å². The van der Waals surface area contributed by atoms with Crippen molar-refractivity contribution in [2.24, 2.45) is 11.7 Å². The fourth-order valence-electron chi connectivity index (χ4n) is 5.53. The van der Waals surface area contributed by atoms with Gasteiger partial charge in [0.25, 0.3) is 10.0 Å². The summed E-state index contributed by atoms with van der Waals surface area (Å²) in [6.45, 7) is 3.77. The third-order valence-corrected chi connectivity index (χ3v) is 9.03. The van der Waals surface area contributed by atoms with E-state index < -0.39 is 33.9 Å². The van der Waals surface area contributed by atoms with Crippen molar-refractivity contribution >= 4 is 27.5 Å². The monoisotopic (exact) mass is 531 g/mol. The van der Waals surface area contributed by atoms with Crippen LogP contribution in [0, 0.1) is 11.7 Å². The molecule has 2 aliphatic heterocycles. The zero-order chi connectivity index (χ0) is 26.5.